The summed E-state index contributed by atoms with van der Waals surface area (Å²) in [5.41, 5.74) is 1.95. The Morgan fingerprint density at radius 2 is 1.75 bits per heavy atom. The summed E-state index contributed by atoms with van der Waals surface area (Å²) >= 11 is 0. The van der Waals surface area contributed by atoms with Gasteiger partial charge in [0.15, 0.2) is 0 Å². The lowest BCUT2D eigenvalue weighted by molar-refractivity contribution is -0.116. The van der Waals surface area contributed by atoms with Crippen molar-refractivity contribution in [3.05, 3.63) is 83.3 Å². The van der Waals surface area contributed by atoms with Crippen LogP contribution in [0.25, 0.3) is 5.70 Å². The molecule has 0 spiro atoms. The van der Waals surface area contributed by atoms with E-state index in [4.69, 9.17) is 0 Å². The molecule has 1 N–H and O–H groups in total. The average Bonchev–Trinajstić information content (AvgIpc) is 2.54. The summed E-state index contributed by atoms with van der Waals surface area (Å²) in [5, 5.41) is 3.70. The number of carbonyl (C=O) groups is 1. The molecule has 1 amide bonds. The van der Waals surface area contributed by atoms with Crippen LogP contribution >= 0.6 is 0 Å². The van der Waals surface area contributed by atoms with Gasteiger partial charge in [0.25, 0.3) is 5.91 Å². The van der Waals surface area contributed by atoms with E-state index in [1.165, 1.54) is 6.07 Å². The average molecular weight is 341 g/mol. The summed E-state index contributed by atoms with van der Waals surface area (Å²) in [7, 11) is -3.71. The molecule has 5 heteroatoms. The van der Waals surface area contributed by atoms with E-state index in [2.05, 4.69) is 11.9 Å². The van der Waals surface area contributed by atoms with Crippen LogP contribution in [-0.2, 0) is 14.6 Å². The fourth-order valence-corrected chi connectivity index (χ4v) is 3.29. The third-order valence-electron chi connectivity index (χ3n) is 3.31. The standard InChI is InChI=1S/C19H19NO3S/c1-14(2)19(21)20-18(16-9-5-4-6-10-16)13-24(22,23)17-11-7-8-15(3)12-17/h4-13H,1H2,2-3H3,(H,20,21). The van der Waals surface area contributed by atoms with Crippen molar-refractivity contribution in [3.8, 4) is 0 Å². The molecule has 0 aliphatic carbocycles. The van der Waals surface area contributed by atoms with E-state index in [1.54, 1.807) is 43.3 Å². The van der Waals surface area contributed by atoms with Gasteiger partial charge in [-0.05, 0) is 37.1 Å². The first kappa shape index (κ1) is 17.7. The molecule has 0 unspecified atom stereocenters. The van der Waals surface area contributed by atoms with E-state index >= 15 is 0 Å². The minimum atomic E-state index is -3.71. The zero-order valence-electron chi connectivity index (χ0n) is 13.6. The van der Waals surface area contributed by atoms with Crippen LogP contribution in [0.5, 0.6) is 0 Å². The topological polar surface area (TPSA) is 63.2 Å². The van der Waals surface area contributed by atoms with E-state index in [0.29, 0.717) is 11.1 Å². The molecule has 2 aromatic carbocycles. The largest absolute Gasteiger partial charge is 0.321 e. The fourth-order valence-electron chi connectivity index (χ4n) is 2.03. The highest BCUT2D eigenvalue weighted by Gasteiger charge is 2.16. The van der Waals surface area contributed by atoms with Crippen LogP contribution in [0.4, 0.5) is 0 Å². The van der Waals surface area contributed by atoms with Crippen LogP contribution in [-0.4, -0.2) is 14.3 Å². The van der Waals surface area contributed by atoms with Crippen molar-refractivity contribution in [2.75, 3.05) is 0 Å². The number of nitrogens with one attached hydrogen (secondary N) is 1. The first-order chi connectivity index (χ1) is 11.3. The van der Waals surface area contributed by atoms with Gasteiger partial charge >= 0.3 is 0 Å². The highest BCUT2D eigenvalue weighted by molar-refractivity contribution is 7.94. The van der Waals surface area contributed by atoms with Crippen LogP contribution < -0.4 is 5.32 Å². The highest BCUT2D eigenvalue weighted by Crippen LogP contribution is 2.19. The van der Waals surface area contributed by atoms with Gasteiger partial charge in [0.2, 0.25) is 9.84 Å². The molecule has 0 saturated heterocycles. The summed E-state index contributed by atoms with van der Waals surface area (Å²) in [5.74, 6) is -0.426. The number of hydrogen-bond donors (Lipinski definition) is 1. The van der Waals surface area contributed by atoms with E-state index in [0.717, 1.165) is 11.0 Å². The van der Waals surface area contributed by atoms with Gasteiger partial charge in [-0.15, -0.1) is 0 Å². The Morgan fingerprint density at radius 1 is 1.08 bits per heavy atom. The first-order valence-electron chi connectivity index (χ1n) is 7.35. The van der Waals surface area contributed by atoms with Crippen LogP contribution in [0.2, 0.25) is 0 Å². The maximum atomic E-state index is 12.7. The number of aryl methyl sites for hydroxylation is 1. The van der Waals surface area contributed by atoms with E-state index < -0.39 is 15.7 Å². The molecule has 4 nitrogen and oxygen atoms in total. The monoisotopic (exact) mass is 341 g/mol. The lowest BCUT2D eigenvalue weighted by Gasteiger charge is -2.11. The van der Waals surface area contributed by atoms with E-state index in [-0.39, 0.29) is 10.6 Å². The number of rotatable bonds is 5. The molecule has 0 atom stereocenters. The van der Waals surface area contributed by atoms with Crippen molar-refractivity contribution < 1.29 is 13.2 Å². The number of amides is 1. The number of hydrogen-bond acceptors (Lipinski definition) is 3. The molecule has 0 heterocycles. The Kier molecular flexibility index (Phi) is 5.36. The normalized spacial score (nSPS) is 11.8. The Balaban J connectivity index is 2.51. The zero-order chi connectivity index (χ0) is 17.7. The van der Waals surface area contributed by atoms with Crippen molar-refractivity contribution in [1.82, 2.24) is 5.32 Å². The molecule has 0 aliphatic heterocycles. The second-order valence-corrected chi connectivity index (χ2v) is 7.29. The summed E-state index contributed by atoms with van der Waals surface area (Å²) in [6.45, 7) is 6.96. The van der Waals surface area contributed by atoms with Crippen molar-refractivity contribution in [2.24, 2.45) is 0 Å². The van der Waals surface area contributed by atoms with Gasteiger partial charge in [-0.25, -0.2) is 8.42 Å². The Morgan fingerprint density at radius 3 is 2.33 bits per heavy atom. The Hall–Kier alpha value is -2.66. The highest BCUT2D eigenvalue weighted by atomic mass is 32.2. The molecule has 0 saturated carbocycles. The number of carbonyl (C=O) groups excluding carboxylic acids is 1. The summed E-state index contributed by atoms with van der Waals surface area (Å²) in [4.78, 5) is 12.1. The van der Waals surface area contributed by atoms with Gasteiger partial charge in [0.05, 0.1) is 16.0 Å². The predicted octanol–water partition coefficient (Wildman–Crippen LogP) is 3.46. The summed E-state index contributed by atoms with van der Waals surface area (Å²) in [6, 6.07) is 15.5. The van der Waals surface area contributed by atoms with Gasteiger partial charge < -0.3 is 5.32 Å². The zero-order valence-corrected chi connectivity index (χ0v) is 14.4. The smallest absolute Gasteiger partial charge is 0.250 e. The first-order valence-corrected chi connectivity index (χ1v) is 8.90. The predicted molar refractivity (Wildman–Crippen MR) is 95.7 cm³/mol. The minimum absolute atomic E-state index is 0.181. The minimum Gasteiger partial charge on any atom is -0.321 e. The van der Waals surface area contributed by atoms with Crippen LogP contribution in [0.1, 0.15) is 18.1 Å². The van der Waals surface area contributed by atoms with Crippen LogP contribution in [0, 0.1) is 6.92 Å². The SMILES string of the molecule is C=C(C)C(=O)NC(=CS(=O)(=O)c1cccc(C)c1)c1ccccc1. The molecule has 2 aromatic rings. The third-order valence-corrected chi connectivity index (χ3v) is 4.77. The van der Waals surface area contributed by atoms with Crippen LogP contribution in [0.3, 0.4) is 0 Å². The van der Waals surface area contributed by atoms with Crippen LogP contribution in [0.15, 0.2) is 77.1 Å². The molecular formula is C19H19NO3S. The van der Waals surface area contributed by atoms with Crippen molar-refractivity contribution >= 4 is 21.4 Å². The maximum Gasteiger partial charge on any atom is 0.250 e. The van der Waals surface area contributed by atoms with Crippen molar-refractivity contribution in [3.63, 3.8) is 0 Å². The van der Waals surface area contributed by atoms with E-state index in [9.17, 15) is 13.2 Å². The Labute approximate surface area is 142 Å². The van der Waals surface area contributed by atoms with Gasteiger partial charge in [-0.3, -0.25) is 4.79 Å². The third kappa shape index (κ3) is 4.43. The lowest BCUT2D eigenvalue weighted by Crippen LogP contribution is -2.23. The molecule has 2 rings (SSSR count). The second kappa shape index (κ2) is 7.27. The molecule has 0 aromatic heterocycles. The lowest BCUT2D eigenvalue weighted by atomic mass is 10.1. The maximum absolute atomic E-state index is 12.7. The van der Waals surface area contributed by atoms with Gasteiger partial charge in [-0.1, -0.05) is 49.0 Å². The molecule has 24 heavy (non-hydrogen) atoms. The number of sulfone groups is 1. The summed E-state index contributed by atoms with van der Waals surface area (Å²) in [6.07, 6.45) is 0. The van der Waals surface area contributed by atoms with E-state index in [1.807, 2.05) is 19.1 Å². The number of benzene rings is 2. The molecule has 0 fully saturated rings. The molecule has 0 aliphatic rings. The van der Waals surface area contributed by atoms with Gasteiger partial charge in [0, 0.05) is 5.57 Å². The van der Waals surface area contributed by atoms with Crippen molar-refractivity contribution in [1.29, 1.82) is 0 Å². The second-order valence-electron chi connectivity index (χ2n) is 5.49. The van der Waals surface area contributed by atoms with Crippen molar-refractivity contribution in [2.45, 2.75) is 18.7 Å². The van der Waals surface area contributed by atoms with Gasteiger partial charge in [0.1, 0.15) is 0 Å². The summed E-state index contributed by atoms with van der Waals surface area (Å²) < 4.78 is 25.3. The molecule has 0 bridgehead atoms. The molecule has 124 valence electrons. The molecular weight excluding hydrogens is 322 g/mol. The quantitative estimate of drug-likeness (QED) is 0.847. The fraction of sp³-hybridized carbons (Fsp3) is 0.105. The molecule has 0 radical (unpaired) electrons. The Bertz CT molecular complexity index is 897. The van der Waals surface area contributed by atoms with Gasteiger partial charge in [-0.2, -0.15) is 0 Å².